The van der Waals surface area contributed by atoms with Crippen LogP contribution in [0.4, 0.5) is 0 Å². The quantitative estimate of drug-likeness (QED) is 0.774. The van der Waals surface area contributed by atoms with Crippen LogP contribution in [0.5, 0.6) is 0 Å². The number of aromatic nitrogens is 3. The Morgan fingerprint density at radius 2 is 2.36 bits per heavy atom. The molecule has 4 nitrogen and oxygen atoms in total. The van der Waals surface area contributed by atoms with Crippen LogP contribution in [0.25, 0.3) is 11.2 Å². The first-order valence-corrected chi connectivity index (χ1v) is 4.86. The van der Waals surface area contributed by atoms with Crippen molar-refractivity contribution in [2.45, 2.75) is 25.8 Å². The molecule has 2 aromatic heterocycles. The summed E-state index contributed by atoms with van der Waals surface area (Å²) in [6.07, 6.45) is 5.53. The second-order valence-electron chi connectivity index (χ2n) is 3.44. The van der Waals surface area contributed by atoms with Crippen LogP contribution >= 0.6 is 0 Å². The molecule has 1 unspecified atom stereocenters. The van der Waals surface area contributed by atoms with Crippen LogP contribution in [-0.2, 0) is 0 Å². The zero-order chi connectivity index (χ0) is 9.97. The van der Waals surface area contributed by atoms with Gasteiger partial charge in [-0.2, -0.15) is 0 Å². The number of nitrogens with one attached hydrogen (secondary N) is 1. The van der Waals surface area contributed by atoms with Crippen molar-refractivity contribution < 1.29 is 0 Å². The summed E-state index contributed by atoms with van der Waals surface area (Å²) >= 11 is 0. The molecule has 14 heavy (non-hydrogen) atoms. The van der Waals surface area contributed by atoms with Crippen LogP contribution in [0.3, 0.4) is 0 Å². The molecule has 2 heterocycles. The lowest BCUT2D eigenvalue weighted by Gasteiger charge is -2.09. The number of rotatable bonds is 3. The molecule has 0 fully saturated rings. The molecule has 2 rings (SSSR count). The van der Waals surface area contributed by atoms with E-state index in [1.165, 1.54) is 0 Å². The number of aromatic amines is 1. The van der Waals surface area contributed by atoms with E-state index in [-0.39, 0.29) is 6.04 Å². The molecule has 0 radical (unpaired) electrons. The third-order valence-corrected chi connectivity index (χ3v) is 2.32. The fourth-order valence-corrected chi connectivity index (χ4v) is 1.53. The maximum Gasteiger partial charge on any atom is 0.177 e. The van der Waals surface area contributed by atoms with Crippen molar-refractivity contribution in [1.82, 2.24) is 15.0 Å². The van der Waals surface area contributed by atoms with Crippen molar-refractivity contribution in [3.63, 3.8) is 0 Å². The molecule has 0 spiro atoms. The highest BCUT2D eigenvalue weighted by molar-refractivity contribution is 5.70. The zero-order valence-corrected chi connectivity index (χ0v) is 8.20. The van der Waals surface area contributed by atoms with Crippen LogP contribution in [-0.4, -0.2) is 15.0 Å². The Balaban J connectivity index is 2.33. The van der Waals surface area contributed by atoms with Crippen molar-refractivity contribution in [1.29, 1.82) is 0 Å². The largest absolute Gasteiger partial charge is 0.343 e. The van der Waals surface area contributed by atoms with Gasteiger partial charge >= 0.3 is 0 Å². The van der Waals surface area contributed by atoms with Gasteiger partial charge in [-0.3, -0.25) is 0 Å². The first-order chi connectivity index (χ1) is 6.81. The van der Waals surface area contributed by atoms with Crippen molar-refractivity contribution in [2.75, 3.05) is 0 Å². The number of nitrogens with two attached hydrogens (primary N) is 1. The summed E-state index contributed by atoms with van der Waals surface area (Å²) in [5.41, 5.74) is 8.76. The molecule has 0 aliphatic heterocycles. The van der Waals surface area contributed by atoms with Crippen LogP contribution in [0.15, 0.2) is 18.6 Å². The first-order valence-electron chi connectivity index (χ1n) is 4.86. The second-order valence-corrected chi connectivity index (χ2v) is 3.44. The van der Waals surface area contributed by atoms with Crippen molar-refractivity contribution >= 4 is 11.2 Å². The van der Waals surface area contributed by atoms with Crippen molar-refractivity contribution in [3.05, 3.63) is 24.2 Å². The number of H-pyrrole nitrogens is 1. The standard InChI is InChI=1S/C10H14N4/c1-2-3-8(11)7-4-9-10(12-5-7)14-6-13-9/h4-6,8H,2-3,11H2,1H3,(H,12,13,14). The lowest BCUT2D eigenvalue weighted by Crippen LogP contribution is -2.09. The Hall–Kier alpha value is -1.42. The highest BCUT2D eigenvalue weighted by Crippen LogP contribution is 2.17. The van der Waals surface area contributed by atoms with Crippen LogP contribution in [0, 0.1) is 0 Å². The summed E-state index contributed by atoms with van der Waals surface area (Å²) in [6.45, 7) is 2.13. The smallest absolute Gasteiger partial charge is 0.177 e. The molecule has 74 valence electrons. The van der Waals surface area contributed by atoms with Gasteiger partial charge in [0.25, 0.3) is 0 Å². The molecular formula is C10H14N4. The van der Waals surface area contributed by atoms with E-state index < -0.39 is 0 Å². The molecule has 0 amide bonds. The highest BCUT2D eigenvalue weighted by Gasteiger charge is 2.06. The fourth-order valence-electron chi connectivity index (χ4n) is 1.53. The lowest BCUT2D eigenvalue weighted by atomic mass is 10.1. The monoisotopic (exact) mass is 190 g/mol. The van der Waals surface area contributed by atoms with E-state index in [2.05, 4.69) is 21.9 Å². The Bertz CT molecular complexity index is 421. The molecule has 1 atom stereocenters. The molecule has 0 aromatic carbocycles. The summed E-state index contributed by atoms with van der Waals surface area (Å²) in [6, 6.07) is 2.11. The Morgan fingerprint density at radius 3 is 3.14 bits per heavy atom. The summed E-state index contributed by atoms with van der Waals surface area (Å²) in [5, 5.41) is 0. The second kappa shape index (κ2) is 3.75. The van der Waals surface area contributed by atoms with Crippen molar-refractivity contribution in [3.8, 4) is 0 Å². The van der Waals surface area contributed by atoms with Crippen LogP contribution in [0.2, 0.25) is 0 Å². The minimum atomic E-state index is 0.0835. The van der Waals surface area contributed by atoms with E-state index in [0.717, 1.165) is 29.6 Å². The molecule has 0 aliphatic rings. The number of imidazole rings is 1. The minimum absolute atomic E-state index is 0.0835. The predicted octanol–water partition coefficient (Wildman–Crippen LogP) is 1.76. The Labute approximate surface area is 82.6 Å². The van der Waals surface area contributed by atoms with Gasteiger partial charge in [0.2, 0.25) is 0 Å². The molecule has 0 saturated heterocycles. The van der Waals surface area contributed by atoms with E-state index in [0.29, 0.717) is 0 Å². The van der Waals surface area contributed by atoms with Crippen molar-refractivity contribution in [2.24, 2.45) is 5.73 Å². The maximum atomic E-state index is 5.99. The van der Waals surface area contributed by atoms with E-state index in [4.69, 9.17) is 5.73 Å². The highest BCUT2D eigenvalue weighted by atomic mass is 14.9. The van der Waals surface area contributed by atoms with Gasteiger partial charge in [-0.1, -0.05) is 13.3 Å². The Kier molecular flexibility index (Phi) is 2.45. The minimum Gasteiger partial charge on any atom is -0.343 e. The van der Waals surface area contributed by atoms with Gasteiger partial charge in [-0.15, -0.1) is 0 Å². The van der Waals surface area contributed by atoms with Gasteiger partial charge in [-0.25, -0.2) is 9.97 Å². The van der Waals surface area contributed by atoms with Gasteiger partial charge in [-0.05, 0) is 18.1 Å². The topological polar surface area (TPSA) is 67.6 Å². The summed E-state index contributed by atoms with van der Waals surface area (Å²) in [7, 11) is 0. The number of fused-ring (bicyclic) bond motifs is 1. The normalized spacial score (nSPS) is 13.3. The number of nitrogens with zero attached hydrogens (tertiary/aromatic N) is 2. The first kappa shape index (κ1) is 9.15. The van der Waals surface area contributed by atoms with E-state index >= 15 is 0 Å². The molecule has 2 aromatic rings. The third kappa shape index (κ3) is 1.61. The summed E-state index contributed by atoms with van der Waals surface area (Å²) in [5.74, 6) is 0. The molecule has 3 N–H and O–H groups in total. The van der Waals surface area contributed by atoms with Gasteiger partial charge < -0.3 is 10.7 Å². The average molecular weight is 190 g/mol. The molecule has 0 saturated carbocycles. The lowest BCUT2D eigenvalue weighted by molar-refractivity contribution is 0.637. The molecule has 0 bridgehead atoms. The summed E-state index contributed by atoms with van der Waals surface area (Å²) < 4.78 is 0. The van der Waals surface area contributed by atoms with Crippen LogP contribution in [0.1, 0.15) is 31.4 Å². The summed E-state index contributed by atoms with van der Waals surface area (Å²) in [4.78, 5) is 11.3. The Morgan fingerprint density at radius 1 is 1.50 bits per heavy atom. The number of pyridine rings is 1. The van der Waals surface area contributed by atoms with Gasteiger partial charge in [0.15, 0.2) is 5.65 Å². The van der Waals surface area contributed by atoms with E-state index in [1.807, 2.05) is 12.3 Å². The zero-order valence-electron chi connectivity index (χ0n) is 8.20. The maximum absolute atomic E-state index is 5.99. The SMILES string of the molecule is CCCC(N)c1cnc2nc[nH]c2c1. The fraction of sp³-hybridized carbons (Fsp3) is 0.400. The van der Waals surface area contributed by atoms with E-state index in [9.17, 15) is 0 Å². The molecule has 4 heteroatoms. The number of hydrogen-bond acceptors (Lipinski definition) is 3. The van der Waals surface area contributed by atoms with Crippen LogP contribution < -0.4 is 5.73 Å². The van der Waals surface area contributed by atoms with E-state index in [1.54, 1.807) is 6.33 Å². The van der Waals surface area contributed by atoms with Gasteiger partial charge in [0.05, 0.1) is 11.8 Å². The van der Waals surface area contributed by atoms with Gasteiger partial charge in [0, 0.05) is 12.2 Å². The predicted molar refractivity (Wildman–Crippen MR) is 55.7 cm³/mol. The molecular weight excluding hydrogens is 176 g/mol. The third-order valence-electron chi connectivity index (χ3n) is 2.32. The number of hydrogen-bond donors (Lipinski definition) is 2. The average Bonchev–Trinajstić information content (AvgIpc) is 2.64. The molecule has 0 aliphatic carbocycles. The van der Waals surface area contributed by atoms with Gasteiger partial charge in [0.1, 0.15) is 0 Å².